The molecule has 31 heavy (non-hydrogen) atoms. The second-order valence-electron chi connectivity index (χ2n) is 7.30. The number of aliphatic carboxylic acids is 1. The third-order valence-electron chi connectivity index (χ3n) is 5.37. The summed E-state index contributed by atoms with van der Waals surface area (Å²) in [6, 6.07) is 20.2. The van der Waals surface area contributed by atoms with Gasteiger partial charge >= 0.3 is 12.1 Å². The lowest BCUT2D eigenvalue weighted by Gasteiger charge is -2.18. The number of carboxylic acids is 1. The fraction of sp³-hybridized carbons (Fsp3) is 0.167. The number of carbonyl (C=O) groups excluding carboxylic acids is 1. The molecule has 0 bridgehead atoms. The molecule has 0 saturated carbocycles. The van der Waals surface area contributed by atoms with Crippen LogP contribution in [0.3, 0.4) is 0 Å². The van der Waals surface area contributed by atoms with Crippen LogP contribution < -0.4 is 5.32 Å². The third kappa shape index (κ3) is 4.70. The summed E-state index contributed by atoms with van der Waals surface area (Å²) in [6.07, 6.45) is -0.649. The van der Waals surface area contributed by atoms with Crippen molar-refractivity contribution in [3.8, 4) is 11.1 Å². The zero-order valence-corrected chi connectivity index (χ0v) is 19.3. The van der Waals surface area contributed by atoms with Crippen molar-refractivity contribution in [2.45, 2.75) is 18.4 Å². The Labute approximate surface area is 198 Å². The topological polar surface area (TPSA) is 75.6 Å². The first-order valence-corrected chi connectivity index (χ1v) is 11.2. The maximum absolute atomic E-state index is 12.5. The van der Waals surface area contributed by atoms with E-state index in [-0.39, 0.29) is 18.9 Å². The van der Waals surface area contributed by atoms with Crippen LogP contribution in [0, 0.1) is 3.57 Å². The van der Waals surface area contributed by atoms with Crippen molar-refractivity contribution in [2.75, 3.05) is 6.61 Å². The quantitative estimate of drug-likeness (QED) is 0.401. The van der Waals surface area contributed by atoms with Gasteiger partial charge in [0.1, 0.15) is 12.6 Å². The van der Waals surface area contributed by atoms with Crippen LogP contribution in [0.5, 0.6) is 0 Å². The normalized spacial score (nSPS) is 13.2. The summed E-state index contributed by atoms with van der Waals surface area (Å²) in [5.41, 5.74) is 5.20. The molecule has 158 valence electrons. The number of carbonyl (C=O) groups is 2. The van der Waals surface area contributed by atoms with Crippen molar-refractivity contribution < 1.29 is 19.4 Å². The molecule has 1 aliphatic rings. The fourth-order valence-corrected chi connectivity index (χ4v) is 4.65. The summed E-state index contributed by atoms with van der Waals surface area (Å²) in [5, 5.41) is 12.6. The highest BCUT2D eigenvalue weighted by Crippen LogP contribution is 2.44. The van der Waals surface area contributed by atoms with Gasteiger partial charge in [-0.3, -0.25) is 0 Å². The molecule has 0 aromatic heterocycles. The summed E-state index contributed by atoms with van der Waals surface area (Å²) in [5.74, 6) is -1.22. The minimum atomic E-state index is -1.13. The van der Waals surface area contributed by atoms with E-state index >= 15 is 0 Å². The lowest BCUT2D eigenvalue weighted by Crippen LogP contribution is -2.43. The first-order chi connectivity index (χ1) is 14.9. The van der Waals surface area contributed by atoms with E-state index in [1.807, 2.05) is 42.5 Å². The van der Waals surface area contributed by atoms with Gasteiger partial charge in [-0.15, -0.1) is 0 Å². The minimum Gasteiger partial charge on any atom is -0.480 e. The monoisotopic (exact) mass is 547 g/mol. The van der Waals surface area contributed by atoms with Crippen LogP contribution in [0.15, 0.2) is 66.7 Å². The summed E-state index contributed by atoms with van der Waals surface area (Å²) < 4.78 is 6.35. The van der Waals surface area contributed by atoms with E-state index < -0.39 is 18.1 Å². The van der Waals surface area contributed by atoms with E-state index in [1.165, 1.54) is 0 Å². The van der Waals surface area contributed by atoms with Crippen molar-refractivity contribution in [1.82, 2.24) is 5.32 Å². The SMILES string of the molecule is O=C(N[C@@H](Cc1cc(Cl)ccc1I)C(=O)O)OCC1c2ccccc2-c2ccccc21. The Balaban J connectivity index is 1.45. The second kappa shape index (κ2) is 9.28. The Morgan fingerprint density at radius 2 is 1.65 bits per heavy atom. The van der Waals surface area contributed by atoms with Crippen molar-refractivity contribution in [3.05, 3.63) is 92.0 Å². The molecule has 3 aromatic carbocycles. The number of hydrogen-bond donors (Lipinski definition) is 2. The number of hydrogen-bond acceptors (Lipinski definition) is 3. The highest BCUT2D eigenvalue weighted by Gasteiger charge is 2.30. The van der Waals surface area contributed by atoms with Gasteiger partial charge in [0.15, 0.2) is 0 Å². The van der Waals surface area contributed by atoms with Gasteiger partial charge in [0.25, 0.3) is 0 Å². The maximum Gasteiger partial charge on any atom is 0.407 e. The summed E-state index contributed by atoms with van der Waals surface area (Å²) in [4.78, 5) is 24.2. The van der Waals surface area contributed by atoms with E-state index in [1.54, 1.807) is 12.1 Å². The predicted octanol–water partition coefficient (Wildman–Crippen LogP) is 5.48. The van der Waals surface area contributed by atoms with Gasteiger partial charge < -0.3 is 15.2 Å². The number of carboxylic acid groups (broad SMARTS) is 1. The standard InChI is InChI=1S/C24H19ClINO4/c25-15-9-10-21(26)14(11-15)12-22(23(28)29)27-24(30)31-13-20-18-7-3-1-5-16(18)17-6-2-4-8-19(17)20/h1-11,20,22H,12-13H2,(H,27,30)(H,28,29)/t22-/m0/s1. The number of halogens is 2. The van der Waals surface area contributed by atoms with Crippen molar-refractivity contribution in [3.63, 3.8) is 0 Å². The van der Waals surface area contributed by atoms with Crippen molar-refractivity contribution in [2.24, 2.45) is 0 Å². The molecule has 1 amide bonds. The largest absolute Gasteiger partial charge is 0.480 e. The van der Waals surface area contributed by atoms with Gasteiger partial charge in [-0.05, 0) is 68.6 Å². The lowest BCUT2D eigenvalue weighted by molar-refractivity contribution is -0.139. The van der Waals surface area contributed by atoms with Crippen molar-refractivity contribution in [1.29, 1.82) is 0 Å². The molecule has 0 spiro atoms. The Morgan fingerprint density at radius 1 is 1.03 bits per heavy atom. The predicted molar refractivity (Wildman–Crippen MR) is 128 cm³/mol. The molecule has 2 N–H and O–H groups in total. The average Bonchev–Trinajstić information content (AvgIpc) is 3.08. The molecule has 1 aliphatic carbocycles. The molecule has 1 atom stereocenters. The van der Waals surface area contributed by atoms with Crippen molar-refractivity contribution >= 4 is 46.3 Å². The van der Waals surface area contributed by atoms with Crippen LogP contribution in [0.4, 0.5) is 4.79 Å². The number of rotatable bonds is 6. The zero-order valence-electron chi connectivity index (χ0n) is 16.3. The molecule has 0 aliphatic heterocycles. The molecule has 0 fully saturated rings. The Kier molecular flexibility index (Phi) is 6.48. The molecule has 0 heterocycles. The Morgan fingerprint density at radius 3 is 2.26 bits per heavy atom. The number of alkyl carbamates (subject to hydrolysis) is 1. The summed E-state index contributed by atoms with van der Waals surface area (Å²) in [7, 11) is 0. The zero-order chi connectivity index (χ0) is 22.0. The fourth-order valence-electron chi connectivity index (χ4n) is 3.90. The van der Waals surface area contributed by atoms with Gasteiger partial charge in [0, 0.05) is 20.9 Å². The highest BCUT2D eigenvalue weighted by molar-refractivity contribution is 14.1. The van der Waals surface area contributed by atoms with Gasteiger partial charge in [0.05, 0.1) is 0 Å². The van der Waals surface area contributed by atoms with E-state index in [2.05, 4.69) is 40.0 Å². The minimum absolute atomic E-state index is 0.0877. The van der Waals surface area contributed by atoms with Crippen LogP contribution in [0.25, 0.3) is 11.1 Å². The van der Waals surface area contributed by atoms with E-state index in [0.29, 0.717) is 5.02 Å². The third-order valence-corrected chi connectivity index (χ3v) is 6.65. The molecular weight excluding hydrogens is 529 g/mol. The first kappa shape index (κ1) is 21.6. The Bertz CT molecular complexity index is 1100. The number of ether oxygens (including phenoxy) is 1. The summed E-state index contributed by atoms with van der Waals surface area (Å²) in [6.45, 7) is 0.126. The number of nitrogens with one attached hydrogen (secondary N) is 1. The van der Waals surface area contributed by atoms with Crippen LogP contribution in [0.2, 0.25) is 5.02 Å². The van der Waals surface area contributed by atoms with Crippen LogP contribution in [-0.4, -0.2) is 29.8 Å². The molecule has 5 nitrogen and oxygen atoms in total. The van der Waals surface area contributed by atoms with Crippen LogP contribution in [-0.2, 0) is 16.0 Å². The van der Waals surface area contributed by atoms with Crippen LogP contribution in [0.1, 0.15) is 22.6 Å². The van der Waals surface area contributed by atoms with E-state index in [0.717, 1.165) is 31.4 Å². The summed E-state index contributed by atoms with van der Waals surface area (Å²) >= 11 is 8.14. The maximum atomic E-state index is 12.5. The molecule has 3 aromatic rings. The molecular formula is C24H19ClINO4. The van der Waals surface area contributed by atoms with Gasteiger partial charge in [-0.2, -0.15) is 0 Å². The lowest BCUT2D eigenvalue weighted by atomic mass is 9.98. The smallest absolute Gasteiger partial charge is 0.407 e. The number of fused-ring (bicyclic) bond motifs is 3. The first-order valence-electron chi connectivity index (χ1n) is 9.72. The number of amides is 1. The molecule has 4 rings (SSSR count). The average molecular weight is 548 g/mol. The van der Waals surface area contributed by atoms with Gasteiger partial charge in [-0.1, -0.05) is 60.1 Å². The van der Waals surface area contributed by atoms with Crippen LogP contribution >= 0.6 is 34.2 Å². The Hall–Kier alpha value is -2.58. The van der Waals surface area contributed by atoms with Gasteiger partial charge in [-0.25, -0.2) is 9.59 Å². The molecule has 0 unspecified atom stereocenters. The molecule has 0 radical (unpaired) electrons. The molecule has 0 saturated heterocycles. The molecule has 7 heteroatoms. The number of benzene rings is 3. The van der Waals surface area contributed by atoms with E-state index in [4.69, 9.17) is 16.3 Å². The van der Waals surface area contributed by atoms with Gasteiger partial charge in [0.2, 0.25) is 0 Å². The second-order valence-corrected chi connectivity index (χ2v) is 8.90. The highest BCUT2D eigenvalue weighted by atomic mass is 127. The van der Waals surface area contributed by atoms with E-state index in [9.17, 15) is 14.7 Å².